The van der Waals surface area contributed by atoms with E-state index in [2.05, 4.69) is 11.1 Å². The Balaban J connectivity index is 2.41. The molecule has 0 aliphatic carbocycles. The molecule has 3 nitrogen and oxygen atoms in total. The van der Waals surface area contributed by atoms with Gasteiger partial charge in [-0.25, -0.2) is 9.37 Å². The molecule has 1 aromatic carbocycles. The third-order valence-electron chi connectivity index (χ3n) is 2.56. The molecule has 0 bridgehead atoms. The average Bonchev–Trinajstić information content (AvgIpc) is 2.35. The molecule has 0 saturated carbocycles. The molecule has 0 aliphatic heterocycles. The van der Waals surface area contributed by atoms with E-state index in [4.69, 9.17) is 21.6 Å². The number of aryl methyl sites for hydroxylation is 2. The van der Waals surface area contributed by atoms with Crippen molar-refractivity contribution in [2.75, 3.05) is 0 Å². The van der Waals surface area contributed by atoms with E-state index in [1.807, 2.05) is 0 Å². The number of nitriles is 1. The fourth-order valence-electron chi connectivity index (χ4n) is 1.75. The second-order valence-electron chi connectivity index (χ2n) is 4.09. The number of hydrogen-bond donors (Lipinski definition) is 0. The second-order valence-corrected chi connectivity index (χ2v) is 4.53. The first kappa shape index (κ1) is 13.3. The van der Waals surface area contributed by atoms with Gasteiger partial charge in [-0.05, 0) is 43.2 Å². The Bertz CT molecular complexity index is 657. The van der Waals surface area contributed by atoms with Crippen LogP contribution in [0.5, 0.6) is 11.6 Å². The lowest BCUT2D eigenvalue weighted by molar-refractivity contribution is 0.418. The number of pyridine rings is 1. The first-order valence-electron chi connectivity index (χ1n) is 5.51. The fraction of sp³-hybridized carbons (Fsp3) is 0.143. The van der Waals surface area contributed by atoms with Crippen LogP contribution in [0.2, 0.25) is 5.02 Å². The van der Waals surface area contributed by atoms with Crippen molar-refractivity contribution in [2.45, 2.75) is 13.8 Å². The largest absolute Gasteiger partial charge is 0.436 e. The fourth-order valence-corrected chi connectivity index (χ4v) is 1.89. The van der Waals surface area contributed by atoms with Crippen molar-refractivity contribution in [3.63, 3.8) is 0 Å². The van der Waals surface area contributed by atoms with Crippen LogP contribution in [0.3, 0.4) is 0 Å². The van der Waals surface area contributed by atoms with Crippen LogP contribution in [0.15, 0.2) is 24.4 Å². The lowest BCUT2D eigenvalue weighted by Crippen LogP contribution is -1.96. The third kappa shape index (κ3) is 2.83. The smallest absolute Gasteiger partial charge is 0.255 e. The first-order valence-corrected chi connectivity index (χ1v) is 5.89. The summed E-state index contributed by atoms with van der Waals surface area (Å²) in [6, 6.07) is 6.55. The molecule has 0 N–H and O–H groups in total. The Kier molecular flexibility index (Phi) is 3.68. The van der Waals surface area contributed by atoms with Crippen LogP contribution in [0.25, 0.3) is 0 Å². The average molecular weight is 277 g/mol. The maximum Gasteiger partial charge on any atom is 0.255 e. The zero-order valence-electron chi connectivity index (χ0n) is 10.4. The number of aromatic nitrogens is 1. The predicted molar refractivity (Wildman–Crippen MR) is 69.9 cm³/mol. The molecule has 0 atom stereocenters. The summed E-state index contributed by atoms with van der Waals surface area (Å²) in [5, 5.41) is 9.07. The van der Waals surface area contributed by atoms with E-state index in [9.17, 15) is 4.39 Å². The highest BCUT2D eigenvalue weighted by Gasteiger charge is 2.12. The number of hydrogen-bond acceptors (Lipinski definition) is 3. The summed E-state index contributed by atoms with van der Waals surface area (Å²) in [5.74, 6) is -0.274. The molecule has 19 heavy (non-hydrogen) atoms. The molecule has 0 saturated heterocycles. The van der Waals surface area contributed by atoms with Crippen molar-refractivity contribution in [2.24, 2.45) is 0 Å². The molecular weight excluding hydrogens is 267 g/mol. The Labute approximate surface area is 115 Å². The van der Waals surface area contributed by atoms with Gasteiger partial charge in [0.25, 0.3) is 5.88 Å². The molecule has 1 heterocycles. The standard InChI is InChI=1S/C14H10ClFN2O/c1-8-3-10(6-17)4-9(2)13(8)19-14-12(16)5-11(15)7-18-14/h3-5,7H,1-2H3. The summed E-state index contributed by atoms with van der Waals surface area (Å²) >= 11 is 5.63. The summed E-state index contributed by atoms with van der Waals surface area (Å²) < 4.78 is 19.1. The van der Waals surface area contributed by atoms with Crippen molar-refractivity contribution < 1.29 is 9.13 Å². The summed E-state index contributed by atoms with van der Waals surface area (Å²) in [6.45, 7) is 3.58. The molecule has 96 valence electrons. The van der Waals surface area contributed by atoms with Gasteiger partial charge in [0.1, 0.15) is 5.75 Å². The van der Waals surface area contributed by atoms with Crippen molar-refractivity contribution >= 4 is 11.6 Å². The number of halogens is 2. The van der Waals surface area contributed by atoms with Gasteiger partial charge in [-0.1, -0.05) is 11.6 Å². The highest BCUT2D eigenvalue weighted by Crippen LogP contribution is 2.30. The normalized spacial score (nSPS) is 10.1. The van der Waals surface area contributed by atoms with Crippen molar-refractivity contribution in [3.8, 4) is 17.7 Å². The van der Waals surface area contributed by atoms with E-state index < -0.39 is 5.82 Å². The molecule has 0 spiro atoms. The topological polar surface area (TPSA) is 45.9 Å². The molecule has 0 unspecified atom stereocenters. The van der Waals surface area contributed by atoms with E-state index in [0.717, 1.165) is 17.2 Å². The monoisotopic (exact) mass is 276 g/mol. The first-order chi connectivity index (χ1) is 9.01. The maximum absolute atomic E-state index is 13.6. The molecule has 1 aromatic heterocycles. The molecule has 0 radical (unpaired) electrons. The summed E-state index contributed by atoms with van der Waals surface area (Å²) in [5.41, 5.74) is 2.02. The summed E-state index contributed by atoms with van der Waals surface area (Å²) in [4.78, 5) is 3.80. The zero-order chi connectivity index (χ0) is 14.0. The summed E-state index contributed by atoms with van der Waals surface area (Å²) in [7, 11) is 0. The van der Waals surface area contributed by atoms with Gasteiger partial charge in [0.05, 0.1) is 16.7 Å². The molecule has 0 aliphatic rings. The van der Waals surface area contributed by atoms with E-state index in [0.29, 0.717) is 11.3 Å². The van der Waals surface area contributed by atoms with Crippen LogP contribution in [-0.4, -0.2) is 4.98 Å². The third-order valence-corrected chi connectivity index (χ3v) is 2.77. The van der Waals surface area contributed by atoms with Crippen LogP contribution in [-0.2, 0) is 0 Å². The zero-order valence-corrected chi connectivity index (χ0v) is 11.1. The number of rotatable bonds is 2. The minimum atomic E-state index is -0.629. The van der Waals surface area contributed by atoms with Gasteiger partial charge in [0.15, 0.2) is 5.82 Å². The lowest BCUT2D eigenvalue weighted by Gasteiger charge is -2.11. The van der Waals surface area contributed by atoms with Gasteiger partial charge >= 0.3 is 0 Å². The van der Waals surface area contributed by atoms with Gasteiger partial charge < -0.3 is 4.74 Å². The van der Waals surface area contributed by atoms with Crippen molar-refractivity contribution in [3.05, 3.63) is 51.9 Å². The number of benzene rings is 1. The lowest BCUT2D eigenvalue weighted by atomic mass is 10.1. The van der Waals surface area contributed by atoms with E-state index in [1.165, 1.54) is 6.20 Å². The Morgan fingerprint density at radius 1 is 1.26 bits per heavy atom. The minimum Gasteiger partial charge on any atom is -0.436 e. The van der Waals surface area contributed by atoms with Crippen LogP contribution in [0, 0.1) is 31.0 Å². The van der Waals surface area contributed by atoms with E-state index in [-0.39, 0.29) is 10.9 Å². The predicted octanol–water partition coefficient (Wildman–Crippen LogP) is 4.15. The minimum absolute atomic E-state index is 0.139. The van der Waals surface area contributed by atoms with Crippen LogP contribution in [0.4, 0.5) is 4.39 Å². The highest BCUT2D eigenvalue weighted by molar-refractivity contribution is 6.30. The van der Waals surface area contributed by atoms with Gasteiger partial charge in [-0.15, -0.1) is 0 Å². The second kappa shape index (κ2) is 5.25. The molecule has 2 aromatic rings. The van der Waals surface area contributed by atoms with Gasteiger partial charge in [-0.3, -0.25) is 0 Å². The Morgan fingerprint density at radius 3 is 2.42 bits per heavy atom. The highest BCUT2D eigenvalue weighted by atomic mass is 35.5. The molecule has 0 fully saturated rings. The Hall–Kier alpha value is -2.12. The summed E-state index contributed by atoms with van der Waals surface area (Å²) in [6.07, 6.45) is 1.31. The number of ether oxygens (including phenoxy) is 1. The van der Waals surface area contributed by atoms with Gasteiger partial charge in [0, 0.05) is 6.20 Å². The molecule has 0 amide bonds. The van der Waals surface area contributed by atoms with Crippen molar-refractivity contribution in [1.82, 2.24) is 4.98 Å². The number of nitrogens with zero attached hydrogens (tertiary/aromatic N) is 2. The molecular formula is C14H10ClFN2O. The van der Waals surface area contributed by atoms with Gasteiger partial charge in [-0.2, -0.15) is 5.26 Å². The quantitative estimate of drug-likeness (QED) is 0.827. The maximum atomic E-state index is 13.6. The molecule has 2 rings (SSSR count). The SMILES string of the molecule is Cc1cc(C#N)cc(C)c1Oc1ncc(Cl)cc1F. The van der Waals surface area contributed by atoms with E-state index >= 15 is 0 Å². The Morgan fingerprint density at radius 2 is 1.89 bits per heavy atom. The van der Waals surface area contributed by atoms with Crippen LogP contribution >= 0.6 is 11.6 Å². The van der Waals surface area contributed by atoms with Gasteiger partial charge in [0.2, 0.25) is 0 Å². The van der Waals surface area contributed by atoms with Crippen molar-refractivity contribution in [1.29, 1.82) is 5.26 Å². The van der Waals surface area contributed by atoms with Crippen LogP contribution in [0.1, 0.15) is 16.7 Å². The van der Waals surface area contributed by atoms with E-state index in [1.54, 1.807) is 26.0 Å². The molecule has 5 heteroatoms. The van der Waals surface area contributed by atoms with Crippen LogP contribution < -0.4 is 4.74 Å².